The Morgan fingerprint density at radius 2 is 2.20 bits per heavy atom. The molecule has 2 aromatic heterocycles. The summed E-state index contributed by atoms with van der Waals surface area (Å²) in [6.07, 6.45) is 6.00. The number of carboxylic acids is 1. The zero-order valence-corrected chi connectivity index (χ0v) is 10.4. The van der Waals surface area contributed by atoms with Crippen molar-refractivity contribution < 1.29 is 14.3 Å². The Kier molecular flexibility index (Phi) is 3.12. The lowest BCUT2D eigenvalue weighted by Crippen LogP contribution is -2.09. The number of carboxylic acid groups (broad SMARTS) is 1. The first-order valence-electron chi connectivity index (χ1n) is 6.05. The maximum absolute atomic E-state index is 11.1. The number of benzene rings is 1. The molecule has 0 saturated carbocycles. The van der Waals surface area contributed by atoms with Gasteiger partial charge in [-0.25, -0.2) is 4.98 Å². The van der Waals surface area contributed by atoms with Gasteiger partial charge in [0.2, 0.25) is 0 Å². The van der Waals surface area contributed by atoms with Crippen molar-refractivity contribution in [3.05, 3.63) is 54.4 Å². The van der Waals surface area contributed by atoms with Gasteiger partial charge in [-0.15, -0.1) is 0 Å². The normalized spacial score (nSPS) is 12.4. The zero-order valence-electron chi connectivity index (χ0n) is 10.4. The fraction of sp³-hybridized carbons (Fsp3) is 0.143. The molecule has 100 valence electrons. The number of hydrogen-bond acceptors (Lipinski definition) is 5. The Labute approximate surface area is 114 Å². The SMILES string of the molecule is O=C(O)CC(c1ccc2ncoc2c1)c1cnccn1. The maximum Gasteiger partial charge on any atom is 0.304 e. The second kappa shape index (κ2) is 5.08. The van der Waals surface area contributed by atoms with Gasteiger partial charge in [0.05, 0.1) is 12.1 Å². The van der Waals surface area contributed by atoms with E-state index in [-0.39, 0.29) is 12.3 Å². The molecule has 1 unspecified atom stereocenters. The second-order valence-electron chi connectivity index (χ2n) is 4.36. The molecule has 1 atom stereocenters. The third-order valence-electron chi connectivity index (χ3n) is 3.08. The van der Waals surface area contributed by atoms with Gasteiger partial charge in [-0.2, -0.15) is 0 Å². The number of oxazole rings is 1. The largest absolute Gasteiger partial charge is 0.481 e. The fourth-order valence-corrected chi connectivity index (χ4v) is 2.15. The Balaban J connectivity index is 2.06. The van der Waals surface area contributed by atoms with Gasteiger partial charge >= 0.3 is 5.97 Å². The topological polar surface area (TPSA) is 89.1 Å². The molecule has 0 fully saturated rings. The minimum atomic E-state index is -0.890. The van der Waals surface area contributed by atoms with Crippen LogP contribution in [-0.2, 0) is 4.79 Å². The van der Waals surface area contributed by atoms with Gasteiger partial charge in [0, 0.05) is 24.5 Å². The highest BCUT2D eigenvalue weighted by atomic mass is 16.4. The number of aromatic nitrogens is 3. The molecule has 2 heterocycles. The van der Waals surface area contributed by atoms with E-state index < -0.39 is 5.97 Å². The number of carbonyl (C=O) groups is 1. The molecule has 0 radical (unpaired) electrons. The van der Waals surface area contributed by atoms with Crippen molar-refractivity contribution in [2.75, 3.05) is 0 Å². The van der Waals surface area contributed by atoms with Crippen molar-refractivity contribution in [3.8, 4) is 0 Å². The summed E-state index contributed by atoms with van der Waals surface area (Å²) in [5.41, 5.74) is 2.80. The molecule has 6 nitrogen and oxygen atoms in total. The smallest absolute Gasteiger partial charge is 0.304 e. The molecule has 0 amide bonds. The van der Waals surface area contributed by atoms with Gasteiger partial charge < -0.3 is 9.52 Å². The molecule has 0 aliphatic heterocycles. The van der Waals surface area contributed by atoms with Crippen LogP contribution in [0.4, 0.5) is 0 Å². The van der Waals surface area contributed by atoms with Crippen LogP contribution in [0.2, 0.25) is 0 Å². The molecule has 3 aromatic rings. The number of hydrogen-bond donors (Lipinski definition) is 1. The van der Waals surface area contributed by atoms with Crippen LogP contribution in [0.1, 0.15) is 23.6 Å². The summed E-state index contributed by atoms with van der Waals surface area (Å²) in [7, 11) is 0. The molecular weight excluding hydrogens is 258 g/mol. The highest BCUT2D eigenvalue weighted by molar-refractivity contribution is 5.74. The molecule has 0 aliphatic rings. The van der Waals surface area contributed by atoms with Crippen LogP contribution in [0, 0.1) is 0 Å². The Morgan fingerprint density at radius 3 is 2.95 bits per heavy atom. The van der Waals surface area contributed by atoms with E-state index in [9.17, 15) is 4.79 Å². The summed E-state index contributed by atoms with van der Waals surface area (Å²) in [6, 6.07) is 5.44. The highest BCUT2D eigenvalue weighted by Crippen LogP contribution is 2.28. The Morgan fingerprint density at radius 1 is 1.30 bits per heavy atom. The summed E-state index contributed by atoms with van der Waals surface area (Å²) in [4.78, 5) is 23.3. The molecule has 20 heavy (non-hydrogen) atoms. The van der Waals surface area contributed by atoms with E-state index in [1.54, 1.807) is 30.7 Å². The third-order valence-corrected chi connectivity index (χ3v) is 3.08. The molecule has 0 saturated heterocycles. The lowest BCUT2D eigenvalue weighted by atomic mass is 9.92. The van der Waals surface area contributed by atoms with Crippen molar-refractivity contribution in [2.45, 2.75) is 12.3 Å². The van der Waals surface area contributed by atoms with E-state index >= 15 is 0 Å². The molecule has 6 heteroatoms. The van der Waals surface area contributed by atoms with Gasteiger partial charge in [0.15, 0.2) is 12.0 Å². The average molecular weight is 269 g/mol. The molecule has 0 aliphatic carbocycles. The predicted molar refractivity (Wildman–Crippen MR) is 70.1 cm³/mol. The zero-order chi connectivity index (χ0) is 13.9. The lowest BCUT2D eigenvalue weighted by Gasteiger charge is -2.14. The first-order chi connectivity index (χ1) is 9.74. The number of aliphatic carboxylic acids is 1. The molecular formula is C14H11N3O3. The molecule has 1 aromatic carbocycles. The van der Waals surface area contributed by atoms with Crippen molar-refractivity contribution >= 4 is 17.1 Å². The van der Waals surface area contributed by atoms with Crippen LogP contribution >= 0.6 is 0 Å². The standard InChI is InChI=1S/C14H11N3O3/c18-14(19)6-10(12-7-15-3-4-16-12)9-1-2-11-13(5-9)20-8-17-11/h1-5,7-8,10H,6H2,(H,18,19). The van der Waals surface area contributed by atoms with Gasteiger partial charge in [0.25, 0.3) is 0 Å². The average Bonchev–Trinajstić information content (AvgIpc) is 2.93. The van der Waals surface area contributed by atoms with E-state index in [1.165, 1.54) is 6.39 Å². The van der Waals surface area contributed by atoms with Crippen LogP contribution < -0.4 is 0 Å². The molecule has 1 N–H and O–H groups in total. The summed E-state index contributed by atoms with van der Waals surface area (Å²) in [6.45, 7) is 0. The van der Waals surface area contributed by atoms with Crippen LogP contribution in [-0.4, -0.2) is 26.0 Å². The minimum absolute atomic E-state index is 0.0572. The van der Waals surface area contributed by atoms with E-state index in [1.807, 2.05) is 6.07 Å². The van der Waals surface area contributed by atoms with Crippen LogP contribution in [0.25, 0.3) is 11.1 Å². The van der Waals surface area contributed by atoms with Crippen LogP contribution in [0.15, 0.2) is 47.6 Å². The van der Waals surface area contributed by atoms with Gasteiger partial charge in [-0.05, 0) is 17.7 Å². The number of nitrogens with zero attached hydrogens (tertiary/aromatic N) is 3. The first kappa shape index (κ1) is 12.3. The van der Waals surface area contributed by atoms with Crippen molar-refractivity contribution in [2.24, 2.45) is 0 Å². The van der Waals surface area contributed by atoms with Crippen LogP contribution in [0.5, 0.6) is 0 Å². The number of rotatable bonds is 4. The maximum atomic E-state index is 11.1. The Bertz CT molecular complexity index is 740. The van der Waals surface area contributed by atoms with E-state index in [0.717, 1.165) is 11.1 Å². The summed E-state index contributed by atoms with van der Waals surface area (Å²) < 4.78 is 5.25. The predicted octanol–water partition coefficient (Wildman–Crippen LogP) is 2.22. The van der Waals surface area contributed by atoms with Gasteiger partial charge in [-0.3, -0.25) is 14.8 Å². The van der Waals surface area contributed by atoms with Crippen molar-refractivity contribution in [3.63, 3.8) is 0 Å². The van der Waals surface area contributed by atoms with E-state index in [4.69, 9.17) is 9.52 Å². The summed E-state index contributed by atoms with van der Waals surface area (Å²) in [5, 5.41) is 9.10. The van der Waals surface area contributed by atoms with Gasteiger partial charge in [0.1, 0.15) is 5.52 Å². The Hall–Kier alpha value is -2.76. The monoisotopic (exact) mass is 269 g/mol. The van der Waals surface area contributed by atoms with E-state index in [0.29, 0.717) is 11.3 Å². The third kappa shape index (κ3) is 2.35. The highest BCUT2D eigenvalue weighted by Gasteiger charge is 2.20. The molecule has 3 rings (SSSR count). The van der Waals surface area contributed by atoms with Crippen molar-refractivity contribution in [1.29, 1.82) is 0 Å². The van der Waals surface area contributed by atoms with Crippen LogP contribution in [0.3, 0.4) is 0 Å². The summed E-state index contributed by atoms with van der Waals surface area (Å²) in [5.74, 6) is -1.26. The summed E-state index contributed by atoms with van der Waals surface area (Å²) >= 11 is 0. The lowest BCUT2D eigenvalue weighted by molar-refractivity contribution is -0.137. The quantitative estimate of drug-likeness (QED) is 0.781. The first-order valence-corrected chi connectivity index (χ1v) is 6.05. The van der Waals surface area contributed by atoms with E-state index in [2.05, 4.69) is 15.0 Å². The molecule has 0 spiro atoms. The van der Waals surface area contributed by atoms with Gasteiger partial charge in [-0.1, -0.05) is 6.07 Å². The minimum Gasteiger partial charge on any atom is -0.481 e. The van der Waals surface area contributed by atoms with Crippen molar-refractivity contribution in [1.82, 2.24) is 15.0 Å². The molecule has 0 bridgehead atoms. The number of fused-ring (bicyclic) bond motifs is 1. The fourth-order valence-electron chi connectivity index (χ4n) is 2.15. The second-order valence-corrected chi connectivity index (χ2v) is 4.36.